The molecule has 0 saturated heterocycles. The zero-order valence-electron chi connectivity index (χ0n) is 25.5. The average Bonchev–Trinajstić information content (AvgIpc) is 3.09. The number of para-hydroxylation sites is 2. The molecule has 2 aromatic heterocycles. The third-order valence-corrected chi connectivity index (χ3v) is 9.59. The molecule has 0 radical (unpaired) electrons. The third kappa shape index (κ3) is 5.28. The van der Waals surface area contributed by atoms with Crippen molar-refractivity contribution in [3.05, 3.63) is 151 Å². The highest BCUT2D eigenvalue weighted by molar-refractivity contribution is 6.40. The van der Waals surface area contributed by atoms with Crippen LogP contribution in [0.25, 0.3) is 54.5 Å². The molecule has 0 saturated carbocycles. The van der Waals surface area contributed by atoms with Gasteiger partial charge in [0.2, 0.25) is 0 Å². The minimum Gasteiger partial charge on any atom is -0.576 e. The summed E-state index contributed by atoms with van der Waals surface area (Å²) in [5.41, 5.74) is 5.36. The quantitative estimate of drug-likeness (QED) is 0.132. The Bertz CT molecular complexity index is 2310. The lowest BCUT2D eigenvalue weighted by atomic mass is 9.96. The van der Waals surface area contributed by atoms with Crippen LogP contribution < -0.4 is 11.4 Å². The molecule has 0 aliphatic carbocycles. The van der Waals surface area contributed by atoms with Gasteiger partial charge in [-0.1, -0.05) is 115 Å². The minimum atomic E-state index is -3.06. The van der Waals surface area contributed by atoms with Gasteiger partial charge in [-0.3, -0.25) is 0 Å². The highest BCUT2D eigenvalue weighted by atomic mass is 27.3. The summed E-state index contributed by atoms with van der Waals surface area (Å²) < 4.78 is 20.7. The molecule has 8 rings (SSSR count). The summed E-state index contributed by atoms with van der Waals surface area (Å²) in [7, 11) is 0. The summed E-state index contributed by atoms with van der Waals surface area (Å²) in [6.07, 6.45) is 0. The molecule has 2 heterocycles. The highest BCUT2D eigenvalue weighted by Gasteiger charge is 2.46. The number of rotatable bonds is 7. The van der Waals surface area contributed by atoms with E-state index in [2.05, 4.69) is 72.8 Å². The maximum absolute atomic E-state index is 7.07. The molecule has 220 valence electrons. The molecule has 0 bridgehead atoms. The average molecular weight is 613 g/mol. The van der Waals surface area contributed by atoms with Crippen LogP contribution in [0.2, 0.25) is 0 Å². The SMILES string of the molecule is Cc1ccc2cccc([O][Al]([O]c3c(-c4ccccc4)ccc4c3ccc3ccccc34)[O]c3cccc4ccc(C)nc34)c2n1. The van der Waals surface area contributed by atoms with Gasteiger partial charge in [0, 0.05) is 33.1 Å². The van der Waals surface area contributed by atoms with Crippen molar-refractivity contribution in [2.75, 3.05) is 0 Å². The number of fused-ring (bicyclic) bond motifs is 5. The van der Waals surface area contributed by atoms with Crippen LogP contribution in [0.1, 0.15) is 11.4 Å². The van der Waals surface area contributed by atoms with Crippen molar-refractivity contribution in [2.45, 2.75) is 13.8 Å². The monoisotopic (exact) mass is 612 g/mol. The van der Waals surface area contributed by atoms with Crippen LogP contribution >= 0.6 is 0 Å². The van der Waals surface area contributed by atoms with Gasteiger partial charge < -0.3 is 11.4 Å². The summed E-state index contributed by atoms with van der Waals surface area (Å²) in [6, 6.07) is 47.3. The van der Waals surface area contributed by atoms with Gasteiger partial charge in [-0.05, 0) is 59.8 Å². The summed E-state index contributed by atoms with van der Waals surface area (Å²) in [5, 5.41) is 6.39. The third-order valence-electron chi connectivity index (χ3n) is 8.27. The van der Waals surface area contributed by atoms with Gasteiger partial charge in [0.05, 0.1) is 0 Å². The van der Waals surface area contributed by atoms with Crippen LogP contribution in [-0.2, 0) is 0 Å². The molecule has 0 N–H and O–H groups in total. The van der Waals surface area contributed by atoms with E-state index in [1.54, 1.807) is 0 Å². The topological polar surface area (TPSA) is 53.5 Å². The van der Waals surface area contributed by atoms with Crippen LogP contribution in [0.15, 0.2) is 140 Å². The molecule has 46 heavy (non-hydrogen) atoms. The number of aromatic nitrogens is 2. The minimum absolute atomic E-state index is 0.620. The molecule has 0 spiro atoms. The maximum atomic E-state index is 7.07. The zero-order chi connectivity index (χ0) is 31.0. The second-order valence-corrected chi connectivity index (χ2v) is 12.7. The van der Waals surface area contributed by atoms with E-state index in [-0.39, 0.29) is 0 Å². The molecule has 0 aliphatic rings. The van der Waals surface area contributed by atoms with Crippen LogP contribution in [0, 0.1) is 13.8 Å². The van der Waals surface area contributed by atoms with Crippen LogP contribution in [0.4, 0.5) is 0 Å². The number of pyridine rings is 2. The summed E-state index contributed by atoms with van der Waals surface area (Å²) in [6.45, 7) is 3.96. The standard InChI is InChI=1S/C20H14O.2C10H9NO.Al/c21-20-17(14-6-2-1-3-7-14)12-13-18-16-9-5-4-8-15(16)10-11-19(18)20;2*1-7-5-6-8-3-2-4-9(12)10(8)11-7;/h1-13,21H;2*2-6,12H,1H3;/q;;;+3/p-3. The fourth-order valence-corrected chi connectivity index (χ4v) is 7.42. The van der Waals surface area contributed by atoms with Gasteiger partial charge in [0.15, 0.2) is 0 Å². The van der Waals surface area contributed by atoms with E-state index in [1.165, 1.54) is 5.39 Å². The molecule has 0 unspecified atom stereocenters. The Morgan fingerprint density at radius 1 is 0.435 bits per heavy atom. The molecule has 5 nitrogen and oxygen atoms in total. The lowest BCUT2D eigenvalue weighted by Gasteiger charge is -2.21. The van der Waals surface area contributed by atoms with Crippen molar-refractivity contribution < 1.29 is 11.4 Å². The van der Waals surface area contributed by atoms with Gasteiger partial charge in [-0.25, -0.2) is 9.97 Å². The van der Waals surface area contributed by atoms with E-state index < -0.39 is 15.1 Å². The molecular weight excluding hydrogens is 583 g/mol. The molecule has 0 fully saturated rings. The van der Waals surface area contributed by atoms with Crippen molar-refractivity contribution >= 4 is 58.5 Å². The number of aryl methyl sites for hydroxylation is 2. The first-order chi connectivity index (χ1) is 22.6. The Hall–Kier alpha value is -5.41. The van der Waals surface area contributed by atoms with Crippen molar-refractivity contribution in [1.29, 1.82) is 0 Å². The van der Waals surface area contributed by atoms with Gasteiger partial charge in [0.1, 0.15) is 28.3 Å². The molecule has 6 aromatic carbocycles. The predicted octanol–water partition coefficient (Wildman–Crippen LogP) is 9.89. The Morgan fingerprint density at radius 2 is 1.00 bits per heavy atom. The van der Waals surface area contributed by atoms with Crippen molar-refractivity contribution in [2.24, 2.45) is 0 Å². The highest BCUT2D eigenvalue weighted by Crippen LogP contribution is 2.40. The Morgan fingerprint density at radius 3 is 1.67 bits per heavy atom. The van der Waals surface area contributed by atoms with Gasteiger partial charge in [-0.15, -0.1) is 0 Å². The molecular formula is C40H29AlN2O3. The molecule has 6 heteroatoms. The van der Waals surface area contributed by atoms with Crippen molar-refractivity contribution in [1.82, 2.24) is 9.97 Å². The number of benzene rings is 6. The normalized spacial score (nSPS) is 11.3. The number of hydrogen-bond donors (Lipinski definition) is 0. The van der Waals surface area contributed by atoms with Crippen LogP contribution in [0.3, 0.4) is 0 Å². The van der Waals surface area contributed by atoms with Gasteiger partial charge in [0.25, 0.3) is 0 Å². The van der Waals surface area contributed by atoms with Crippen LogP contribution in [-0.4, -0.2) is 25.1 Å². The zero-order valence-corrected chi connectivity index (χ0v) is 26.6. The Kier molecular flexibility index (Phi) is 7.23. The van der Waals surface area contributed by atoms with Crippen molar-refractivity contribution in [3.63, 3.8) is 0 Å². The second-order valence-electron chi connectivity index (χ2n) is 11.4. The summed E-state index contributed by atoms with van der Waals surface area (Å²) in [4.78, 5) is 9.65. The Balaban J connectivity index is 1.32. The first kappa shape index (κ1) is 28.1. The van der Waals surface area contributed by atoms with Gasteiger partial charge >= 0.3 is 15.1 Å². The number of hydrogen-bond acceptors (Lipinski definition) is 5. The molecule has 0 atom stereocenters. The summed E-state index contributed by atoms with van der Waals surface area (Å²) in [5.74, 6) is 1.96. The van der Waals surface area contributed by atoms with E-state index in [9.17, 15) is 0 Å². The van der Waals surface area contributed by atoms with E-state index >= 15 is 0 Å². The van der Waals surface area contributed by atoms with E-state index in [0.29, 0.717) is 11.5 Å². The van der Waals surface area contributed by atoms with Crippen LogP contribution in [0.5, 0.6) is 17.2 Å². The fourth-order valence-electron chi connectivity index (χ4n) is 6.03. The largest absolute Gasteiger partial charge is 1.20 e. The smallest absolute Gasteiger partial charge is 0.576 e. The molecule has 0 amide bonds. The first-order valence-electron chi connectivity index (χ1n) is 15.3. The first-order valence-corrected chi connectivity index (χ1v) is 16.7. The Labute approximate surface area is 272 Å². The molecule has 8 aromatic rings. The number of nitrogens with zero attached hydrogens (tertiary/aromatic N) is 2. The maximum Gasteiger partial charge on any atom is 1.20 e. The summed E-state index contributed by atoms with van der Waals surface area (Å²) >= 11 is -3.06. The van der Waals surface area contributed by atoms with Gasteiger partial charge in [-0.2, -0.15) is 0 Å². The predicted molar refractivity (Wildman–Crippen MR) is 187 cm³/mol. The fraction of sp³-hybridized carbons (Fsp3) is 0.0500. The second kappa shape index (κ2) is 11.8. The van der Waals surface area contributed by atoms with E-state index in [1.807, 2.05) is 80.6 Å². The molecule has 0 aliphatic heterocycles. The lowest BCUT2D eigenvalue weighted by molar-refractivity contribution is 0.312. The van der Waals surface area contributed by atoms with Crippen molar-refractivity contribution in [3.8, 4) is 28.4 Å². The van der Waals surface area contributed by atoms with E-state index in [0.717, 1.165) is 66.2 Å². The van der Waals surface area contributed by atoms with E-state index in [4.69, 9.17) is 21.3 Å². The lowest BCUT2D eigenvalue weighted by Crippen LogP contribution is -2.37.